The molecule has 110 valence electrons. The van der Waals surface area contributed by atoms with E-state index in [0.717, 1.165) is 25.1 Å². The highest BCUT2D eigenvalue weighted by Gasteiger charge is 2.16. The predicted octanol–water partition coefficient (Wildman–Crippen LogP) is 2.15. The van der Waals surface area contributed by atoms with Gasteiger partial charge < -0.3 is 5.32 Å². The maximum absolute atomic E-state index is 4.49. The van der Waals surface area contributed by atoms with Gasteiger partial charge in [-0.3, -0.25) is 9.36 Å². The van der Waals surface area contributed by atoms with Crippen molar-refractivity contribution in [3.05, 3.63) is 34.9 Å². The van der Waals surface area contributed by atoms with E-state index in [9.17, 15) is 0 Å². The highest BCUT2D eigenvalue weighted by molar-refractivity contribution is 5.24. The van der Waals surface area contributed by atoms with E-state index in [1.165, 1.54) is 17.0 Å². The monoisotopic (exact) mass is 275 g/mol. The van der Waals surface area contributed by atoms with Gasteiger partial charge in [-0.05, 0) is 52.3 Å². The van der Waals surface area contributed by atoms with Gasteiger partial charge in [0.05, 0.1) is 11.4 Å². The van der Waals surface area contributed by atoms with Crippen molar-refractivity contribution in [2.24, 2.45) is 7.05 Å². The molecule has 5 nitrogen and oxygen atoms in total. The summed E-state index contributed by atoms with van der Waals surface area (Å²) in [6, 6.07) is 2.43. The van der Waals surface area contributed by atoms with Crippen molar-refractivity contribution < 1.29 is 0 Å². The van der Waals surface area contributed by atoms with Crippen molar-refractivity contribution in [3.8, 4) is 0 Å². The molecule has 20 heavy (non-hydrogen) atoms. The maximum Gasteiger partial charge on any atom is 0.0628 e. The van der Waals surface area contributed by atoms with E-state index in [1.54, 1.807) is 0 Å². The van der Waals surface area contributed by atoms with Crippen molar-refractivity contribution >= 4 is 0 Å². The molecule has 2 heterocycles. The molecule has 0 radical (unpaired) electrons. The molecule has 0 spiro atoms. The molecule has 5 heteroatoms. The molecule has 1 N–H and O–H groups in total. The Morgan fingerprint density at radius 1 is 1.35 bits per heavy atom. The quantitative estimate of drug-likeness (QED) is 0.878. The van der Waals surface area contributed by atoms with Crippen LogP contribution in [0.2, 0.25) is 0 Å². The van der Waals surface area contributed by atoms with Crippen LogP contribution < -0.4 is 5.32 Å². The van der Waals surface area contributed by atoms with Gasteiger partial charge >= 0.3 is 0 Å². The number of nitrogens with one attached hydrogen (secondary N) is 1. The van der Waals surface area contributed by atoms with Crippen molar-refractivity contribution in [2.45, 2.75) is 46.2 Å². The van der Waals surface area contributed by atoms with E-state index in [4.69, 9.17) is 0 Å². The predicted molar refractivity (Wildman–Crippen MR) is 80.7 cm³/mol. The topological polar surface area (TPSA) is 47.7 Å². The number of aryl methyl sites for hydroxylation is 3. The first-order chi connectivity index (χ1) is 9.58. The normalized spacial score (nSPS) is 12.8. The summed E-state index contributed by atoms with van der Waals surface area (Å²) in [5.41, 5.74) is 5.04. The molecule has 0 saturated carbocycles. The number of rotatable bonds is 6. The Bertz CT molecular complexity index is 567. The summed E-state index contributed by atoms with van der Waals surface area (Å²) >= 11 is 0. The molecule has 0 saturated heterocycles. The standard InChI is InChI=1S/C15H25N5/c1-6-20-15(9-10-17-20)14(16-4)8-7-13-11(2)18-19(5)12(13)3/h9-10,14,16H,6-8H2,1-5H3. The van der Waals surface area contributed by atoms with Crippen LogP contribution in [0.25, 0.3) is 0 Å². The number of hydrogen-bond acceptors (Lipinski definition) is 3. The Balaban J connectivity index is 2.12. The maximum atomic E-state index is 4.49. The molecule has 2 aromatic rings. The second-order valence-corrected chi connectivity index (χ2v) is 5.22. The van der Waals surface area contributed by atoms with Crippen molar-refractivity contribution in [1.29, 1.82) is 0 Å². The lowest BCUT2D eigenvalue weighted by atomic mass is 10.0. The van der Waals surface area contributed by atoms with Crippen LogP contribution in [-0.2, 0) is 20.0 Å². The lowest BCUT2D eigenvalue weighted by molar-refractivity contribution is 0.488. The van der Waals surface area contributed by atoms with Gasteiger partial charge in [0.25, 0.3) is 0 Å². The van der Waals surface area contributed by atoms with Crippen molar-refractivity contribution in [1.82, 2.24) is 24.9 Å². The fourth-order valence-corrected chi connectivity index (χ4v) is 2.81. The molecule has 0 amide bonds. The van der Waals surface area contributed by atoms with Gasteiger partial charge in [0, 0.05) is 31.5 Å². The first kappa shape index (κ1) is 14.8. The van der Waals surface area contributed by atoms with Gasteiger partial charge in [-0.25, -0.2) is 0 Å². The molecular weight excluding hydrogens is 250 g/mol. The van der Waals surface area contributed by atoms with Crippen LogP contribution in [-0.4, -0.2) is 26.6 Å². The second kappa shape index (κ2) is 6.22. The van der Waals surface area contributed by atoms with Gasteiger partial charge in [0.1, 0.15) is 0 Å². The smallest absolute Gasteiger partial charge is 0.0628 e. The third kappa shape index (κ3) is 2.77. The van der Waals surface area contributed by atoms with E-state index in [2.05, 4.69) is 47.0 Å². The van der Waals surface area contributed by atoms with Gasteiger partial charge in [0.15, 0.2) is 0 Å². The van der Waals surface area contributed by atoms with Crippen molar-refractivity contribution in [3.63, 3.8) is 0 Å². The number of nitrogens with zero attached hydrogens (tertiary/aromatic N) is 4. The zero-order chi connectivity index (χ0) is 14.7. The molecule has 0 aliphatic carbocycles. The highest BCUT2D eigenvalue weighted by atomic mass is 15.3. The number of hydrogen-bond donors (Lipinski definition) is 1. The van der Waals surface area contributed by atoms with Crippen molar-refractivity contribution in [2.75, 3.05) is 7.05 Å². The SMILES string of the molecule is CCn1nccc1C(CCc1c(C)nn(C)c1C)NC. The minimum atomic E-state index is 0.330. The lowest BCUT2D eigenvalue weighted by Gasteiger charge is -2.17. The molecule has 1 unspecified atom stereocenters. The molecule has 2 rings (SSSR count). The van der Waals surface area contributed by atoms with Crippen LogP contribution in [0.15, 0.2) is 12.3 Å². The molecule has 2 aromatic heterocycles. The largest absolute Gasteiger partial charge is 0.312 e. The van der Waals surface area contributed by atoms with Gasteiger partial charge in [-0.15, -0.1) is 0 Å². The van der Waals surface area contributed by atoms with E-state index >= 15 is 0 Å². The van der Waals surface area contributed by atoms with Crippen LogP contribution in [0.1, 0.15) is 42.0 Å². The summed E-state index contributed by atoms with van der Waals surface area (Å²) in [7, 11) is 4.02. The average Bonchev–Trinajstić information content (AvgIpc) is 2.99. The molecule has 0 aliphatic rings. The Labute approximate surface area is 121 Å². The molecule has 1 atom stereocenters. The first-order valence-corrected chi connectivity index (χ1v) is 7.26. The Morgan fingerprint density at radius 2 is 2.10 bits per heavy atom. The lowest BCUT2D eigenvalue weighted by Crippen LogP contribution is -2.21. The minimum absolute atomic E-state index is 0.330. The van der Waals surface area contributed by atoms with Gasteiger partial charge in [-0.1, -0.05) is 0 Å². The zero-order valence-electron chi connectivity index (χ0n) is 13.1. The Morgan fingerprint density at radius 3 is 2.65 bits per heavy atom. The summed E-state index contributed by atoms with van der Waals surface area (Å²) in [5.74, 6) is 0. The minimum Gasteiger partial charge on any atom is -0.312 e. The molecule has 0 aliphatic heterocycles. The third-order valence-corrected chi connectivity index (χ3v) is 4.10. The zero-order valence-corrected chi connectivity index (χ0v) is 13.1. The molecular formula is C15H25N5. The fraction of sp³-hybridized carbons (Fsp3) is 0.600. The van der Waals surface area contributed by atoms with Gasteiger partial charge in [-0.2, -0.15) is 10.2 Å². The van der Waals surface area contributed by atoms with E-state index in [0.29, 0.717) is 6.04 Å². The van der Waals surface area contributed by atoms with E-state index in [1.807, 2.05) is 25.0 Å². The Kier molecular flexibility index (Phi) is 4.60. The third-order valence-electron chi connectivity index (χ3n) is 4.10. The molecule has 0 aromatic carbocycles. The summed E-state index contributed by atoms with van der Waals surface area (Å²) in [5, 5.41) is 12.3. The summed E-state index contributed by atoms with van der Waals surface area (Å²) in [4.78, 5) is 0. The second-order valence-electron chi connectivity index (χ2n) is 5.22. The van der Waals surface area contributed by atoms with Crippen LogP contribution >= 0.6 is 0 Å². The van der Waals surface area contributed by atoms with Crippen LogP contribution in [0.3, 0.4) is 0 Å². The summed E-state index contributed by atoms with van der Waals surface area (Å²) in [6.45, 7) is 7.26. The molecule has 0 bridgehead atoms. The summed E-state index contributed by atoms with van der Waals surface area (Å²) in [6.07, 6.45) is 3.96. The van der Waals surface area contributed by atoms with E-state index in [-0.39, 0.29) is 0 Å². The fourth-order valence-electron chi connectivity index (χ4n) is 2.81. The Hall–Kier alpha value is -1.62. The van der Waals surface area contributed by atoms with Crippen LogP contribution in [0.5, 0.6) is 0 Å². The highest BCUT2D eigenvalue weighted by Crippen LogP contribution is 2.21. The average molecular weight is 275 g/mol. The van der Waals surface area contributed by atoms with Crippen LogP contribution in [0.4, 0.5) is 0 Å². The van der Waals surface area contributed by atoms with E-state index < -0.39 is 0 Å². The number of aromatic nitrogens is 4. The van der Waals surface area contributed by atoms with Crippen LogP contribution in [0, 0.1) is 13.8 Å². The summed E-state index contributed by atoms with van der Waals surface area (Å²) < 4.78 is 4.03. The first-order valence-electron chi connectivity index (χ1n) is 7.26. The molecule has 0 fully saturated rings. The van der Waals surface area contributed by atoms with Gasteiger partial charge in [0.2, 0.25) is 0 Å².